The maximum Gasteiger partial charge on any atom is 0.168 e. The van der Waals surface area contributed by atoms with Gasteiger partial charge in [-0.05, 0) is 34.1 Å². The molecule has 0 aliphatic heterocycles. The number of aromatic nitrogens is 1. The third-order valence-electron chi connectivity index (χ3n) is 2.97. The van der Waals surface area contributed by atoms with Gasteiger partial charge in [0.25, 0.3) is 0 Å². The second-order valence-electron chi connectivity index (χ2n) is 4.01. The van der Waals surface area contributed by atoms with Gasteiger partial charge in [-0.3, -0.25) is 4.79 Å². The van der Waals surface area contributed by atoms with Crippen LogP contribution in [-0.2, 0) is 0 Å². The molecule has 0 N–H and O–H groups in total. The fourth-order valence-corrected chi connectivity index (χ4v) is 2.79. The van der Waals surface area contributed by atoms with Gasteiger partial charge in [-0.25, -0.2) is 0 Å². The molecule has 0 spiro atoms. The van der Waals surface area contributed by atoms with Crippen LogP contribution in [0.1, 0.15) is 10.5 Å². The zero-order chi connectivity index (χ0) is 12.5. The number of aldehydes is 1. The van der Waals surface area contributed by atoms with Crippen molar-refractivity contribution in [1.82, 2.24) is 4.57 Å². The Bertz CT molecular complexity index is 716. The minimum Gasteiger partial charge on any atom is -0.306 e. The first-order valence-electron chi connectivity index (χ1n) is 5.62. The van der Waals surface area contributed by atoms with Gasteiger partial charge < -0.3 is 4.57 Å². The Balaban J connectivity index is 2.44. The van der Waals surface area contributed by atoms with E-state index in [1.54, 1.807) is 0 Å². The van der Waals surface area contributed by atoms with Crippen LogP contribution in [0.25, 0.3) is 16.6 Å². The van der Waals surface area contributed by atoms with Crippen molar-refractivity contribution < 1.29 is 4.79 Å². The lowest BCUT2D eigenvalue weighted by Crippen LogP contribution is -1.98. The summed E-state index contributed by atoms with van der Waals surface area (Å²) in [7, 11) is 0. The van der Waals surface area contributed by atoms with E-state index in [1.807, 2.05) is 59.2 Å². The molecule has 18 heavy (non-hydrogen) atoms. The zero-order valence-electron chi connectivity index (χ0n) is 9.51. The fourth-order valence-electron chi connectivity index (χ4n) is 2.18. The highest BCUT2D eigenvalue weighted by Gasteiger charge is 2.15. The Hall–Kier alpha value is -1.87. The summed E-state index contributed by atoms with van der Waals surface area (Å²) in [5.74, 6) is 0. The van der Waals surface area contributed by atoms with Crippen LogP contribution in [0.5, 0.6) is 0 Å². The first kappa shape index (κ1) is 11.2. The van der Waals surface area contributed by atoms with E-state index >= 15 is 0 Å². The molecule has 1 heterocycles. The van der Waals surface area contributed by atoms with Crippen LogP contribution in [0, 0.1) is 0 Å². The molecule has 0 saturated heterocycles. The van der Waals surface area contributed by atoms with Gasteiger partial charge in [0, 0.05) is 11.1 Å². The van der Waals surface area contributed by atoms with Crippen LogP contribution in [0.4, 0.5) is 0 Å². The summed E-state index contributed by atoms with van der Waals surface area (Å²) < 4.78 is 2.81. The third-order valence-corrected chi connectivity index (χ3v) is 3.81. The molecule has 2 nitrogen and oxygen atoms in total. The number of carbonyl (C=O) groups excluding carboxylic acids is 1. The molecule has 0 radical (unpaired) electrons. The van der Waals surface area contributed by atoms with Crippen molar-refractivity contribution in [1.29, 1.82) is 0 Å². The van der Waals surface area contributed by atoms with Crippen LogP contribution in [0.15, 0.2) is 59.1 Å². The third kappa shape index (κ3) is 1.59. The molecular weight excluding hydrogens is 290 g/mol. The molecule has 3 aromatic rings. The topological polar surface area (TPSA) is 22.0 Å². The Morgan fingerprint density at radius 3 is 2.33 bits per heavy atom. The quantitative estimate of drug-likeness (QED) is 0.650. The van der Waals surface area contributed by atoms with E-state index in [2.05, 4.69) is 15.9 Å². The van der Waals surface area contributed by atoms with Crippen molar-refractivity contribution in [3.05, 3.63) is 64.8 Å². The Morgan fingerprint density at radius 2 is 1.61 bits per heavy atom. The van der Waals surface area contributed by atoms with Crippen molar-refractivity contribution in [2.45, 2.75) is 0 Å². The fraction of sp³-hybridized carbons (Fsp3) is 0. The molecule has 1 aromatic heterocycles. The summed E-state index contributed by atoms with van der Waals surface area (Å²) in [6.45, 7) is 0. The second kappa shape index (κ2) is 4.42. The van der Waals surface area contributed by atoms with Crippen molar-refractivity contribution in [2.24, 2.45) is 0 Å². The number of halogens is 1. The Labute approximate surface area is 113 Å². The van der Waals surface area contributed by atoms with E-state index in [1.165, 1.54) is 0 Å². The van der Waals surface area contributed by atoms with Gasteiger partial charge in [0.2, 0.25) is 0 Å². The first-order valence-corrected chi connectivity index (χ1v) is 6.42. The van der Waals surface area contributed by atoms with Crippen LogP contribution in [-0.4, -0.2) is 10.9 Å². The molecule has 2 aromatic carbocycles. The summed E-state index contributed by atoms with van der Waals surface area (Å²) in [5.41, 5.74) is 2.65. The standard InChI is InChI=1S/C15H10BrNO/c16-15-12-8-4-5-9-13(12)17(14(15)10-18)11-6-2-1-3-7-11/h1-10H. The van der Waals surface area contributed by atoms with Crippen LogP contribution >= 0.6 is 15.9 Å². The van der Waals surface area contributed by atoms with Crippen LogP contribution in [0.2, 0.25) is 0 Å². The summed E-state index contributed by atoms with van der Waals surface area (Å²) >= 11 is 3.51. The number of fused-ring (bicyclic) bond motifs is 1. The number of benzene rings is 2. The predicted molar refractivity (Wildman–Crippen MR) is 76.4 cm³/mol. The lowest BCUT2D eigenvalue weighted by Gasteiger charge is -2.06. The number of rotatable bonds is 2. The molecule has 0 aliphatic carbocycles. The average Bonchev–Trinajstić information content (AvgIpc) is 2.73. The van der Waals surface area contributed by atoms with Gasteiger partial charge >= 0.3 is 0 Å². The van der Waals surface area contributed by atoms with Crippen LogP contribution < -0.4 is 0 Å². The molecular formula is C15H10BrNO. The maximum atomic E-state index is 11.3. The minimum absolute atomic E-state index is 0.641. The maximum absolute atomic E-state index is 11.3. The number of nitrogens with zero attached hydrogens (tertiary/aromatic N) is 1. The summed E-state index contributed by atoms with van der Waals surface area (Å²) in [5, 5.41) is 1.04. The van der Waals surface area contributed by atoms with Crippen molar-refractivity contribution in [2.75, 3.05) is 0 Å². The molecule has 0 fully saturated rings. The number of para-hydroxylation sites is 2. The van der Waals surface area contributed by atoms with Gasteiger partial charge in [0.15, 0.2) is 6.29 Å². The SMILES string of the molecule is O=Cc1c(Br)c2ccccc2n1-c1ccccc1. The van der Waals surface area contributed by atoms with E-state index in [9.17, 15) is 4.79 Å². The highest BCUT2D eigenvalue weighted by atomic mass is 79.9. The zero-order valence-corrected chi connectivity index (χ0v) is 11.1. The van der Waals surface area contributed by atoms with Gasteiger partial charge in [-0.1, -0.05) is 36.4 Å². The largest absolute Gasteiger partial charge is 0.306 e. The number of hydrogen-bond acceptors (Lipinski definition) is 1. The number of carbonyl (C=O) groups is 1. The van der Waals surface area contributed by atoms with Gasteiger partial charge in [0.1, 0.15) is 5.69 Å². The van der Waals surface area contributed by atoms with Crippen LogP contribution in [0.3, 0.4) is 0 Å². The molecule has 0 unspecified atom stereocenters. The second-order valence-corrected chi connectivity index (χ2v) is 4.80. The molecule has 0 aliphatic rings. The highest BCUT2D eigenvalue weighted by molar-refractivity contribution is 9.10. The predicted octanol–water partition coefficient (Wildman–Crippen LogP) is 4.21. The summed E-state index contributed by atoms with van der Waals surface area (Å²) in [6, 6.07) is 17.8. The Morgan fingerprint density at radius 1 is 0.944 bits per heavy atom. The normalized spacial score (nSPS) is 10.7. The highest BCUT2D eigenvalue weighted by Crippen LogP contribution is 2.32. The van der Waals surface area contributed by atoms with Crippen molar-refractivity contribution in [3.8, 4) is 5.69 Å². The first-order chi connectivity index (χ1) is 8.83. The Kier molecular flexibility index (Phi) is 2.76. The van der Waals surface area contributed by atoms with Crippen molar-refractivity contribution >= 4 is 33.1 Å². The average molecular weight is 300 g/mol. The van der Waals surface area contributed by atoms with Gasteiger partial charge in [0.05, 0.1) is 9.99 Å². The smallest absolute Gasteiger partial charge is 0.168 e. The minimum atomic E-state index is 0.641. The van der Waals surface area contributed by atoms with E-state index in [0.29, 0.717) is 5.69 Å². The molecule has 0 amide bonds. The molecule has 0 saturated carbocycles. The van der Waals surface area contributed by atoms with E-state index in [4.69, 9.17) is 0 Å². The van der Waals surface area contributed by atoms with E-state index < -0.39 is 0 Å². The van der Waals surface area contributed by atoms with E-state index in [0.717, 1.165) is 27.3 Å². The number of hydrogen-bond donors (Lipinski definition) is 0. The lowest BCUT2D eigenvalue weighted by molar-refractivity contribution is 0.111. The summed E-state index contributed by atoms with van der Waals surface area (Å²) in [6.07, 6.45) is 0.886. The molecule has 0 bridgehead atoms. The van der Waals surface area contributed by atoms with Gasteiger partial charge in [-0.2, -0.15) is 0 Å². The monoisotopic (exact) mass is 299 g/mol. The molecule has 3 heteroatoms. The lowest BCUT2D eigenvalue weighted by atomic mass is 10.2. The molecule has 3 rings (SSSR count). The molecule has 88 valence electrons. The van der Waals surface area contributed by atoms with Crippen molar-refractivity contribution in [3.63, 3.8) is 0 Å². The summed E-state index contributed by atoms with van der Waals surface area (Å²) in [4.78, 5) is 11.3. The molecule has 0 atom stereocenters. The van der Waals surface area contributed by atoms with E-state index in [-0.39, 0.29) is 0 Å². The van der Waals surface area contributed by atoms with Gasteiger partial charge in [-0.15, -0.1) is 0 Å².